The Morgan fingerprint density at radius 3 is 2.40 bits per heavy atom. The van der Waals surface area contributed by atoms with Crippen molar-refractivity contribution < 1.29 is 28.7 Å². The van der Waals surface area contributed by atoms with Gasteiger partial charge in [0.05, 0.1) is 18.1 Å². The van der Waals surface area contributed by atoms with Gasteiger partial charge >= 0.3 is 5.97 Å². The fraction of sp³-hybridized carbons (Fsp3) is 0.333. The Hall–Kier alpha value is -3.62. The first kappa shape index (κ1) is 22.7. The smallest absolute Gasteiger partial charge is 0.344 e. The maximum atomic E-state index is 12.0. The standard InChI is InChI=1S/C21H24N2O7/c1-13(2)17-7-5-16(9-14(17)3)29-12-21(25)30-11-20(24)22-18-8-6-15(28-4)10-19(18)23(26)27/h5-10,13H,11-12H2,1-4H3,(H,22,24). The summed E-state index contributed by atoms with van der Waals surface area (Å²) in [6.07, 6.45) is 0. The number of hydrogen-bond acceptors (Lipinski definition) is 7. The van der Waals surface area contributed by atoms with Crippen LogP contribution in [-0.2, 0) is 14.3 Å². The lowest BCUT2D eigenvalue weighted by atomic mass is 9.98. The van der Waals surface area contributed by atoms with Crippen molar-refractivity contribution in [2.45, 2.75) is 26.7 Å². The zero-order chi connectivity index (χ0) is 22.3. The summed E-state index contributed by atoms with van der Waals surface area (Å²) in [5.74, 6) is -0.273. The third-order valence-corrected chi connectivity index (χ3v) is 4.26. The van der Waals surface area contributed by atoms with E-state index in [1.807, 2.05) is 19.1 Å². The van der Waals surface area contributed by atoms with Crippen LogP contribution in [0.25, 0.3) is 0 Å². The molecule has 0 saturated carbocycles. The number of hydrogen-bond donors (Lipinski definition) is 1. The van der Waals surface area contributed by atoms with Gasteiger partial charge in [0, 0.05) is 0 Å². The molecule has 0 aliphatic carbocycles. The number of carbonyl (C=O) groups excluding carboxylic acids is 2. The number of nitrogens with one attached hydrogen (secondary N) is 1. The monoisotopic (exact) mass is 416 g/mol. The number of ether oxygens (including phenoxy) is 3. The number of benzene rings is 2. The topological polar surface area (TPSA) is 117 Å². The molecular weight excluding hydrogens is 392 g/mol. The van der Waals surface area contributed by atoms with E-state index in [-0.39, 0.29) is 23.7 Å². The molecule has 0 unspecified atom stereocenters. The molecule has 0 fully saturated rings. The zero-order valence-electron chi connectivity index (χ0n) is 17.3. The van der Waals surface area contributed by atoms with Gasteiger partial charge in [-0.15, -0.1) is 0 Å². The van der Waals surface area contributed by atoms with Crippen molar-refractivity contribution in [3.63, 3.8) is 0 Å². The van der Waals surface area contributed by atoms with Gasteiger partial charge in [-0.3, -0.25) is 14.9 Å². The number of esters is 1. The molecule has 9 heteroatoms. The number of methoxy groups -OCH3 is 1. The summed E-state index contributed by atoms with van der Waals surface area (Å²) in [5.41, 5.74) is 1.88. The second-order valence-electron chi connectivity index (χ2n) is 6.81. The molecule has 0 bridgehead atoms. The number of carbonyl (C=O) groups is 2. The molecular formula is C21H24N2O7. The van der Waals surface area contributed by atoms with Crippen LogP contribution in [0, 0.1) is 17.0 Å². The second kappa shape index (κ2) is 10.2. The van der Waals surface area contributed by atoms with Crippen molar-refractivity contribution in [1.29, 1.82) is 0 Å². The van der Waals surface area contributed by atoms with Crippen LogP contribution in [0.1, 0.15) is 30.9 Å². The number of nitro benzene ring substituents is 1. The summed E-state index contributed by atoms with van der Waals surface area (Å²) in [6, 6.07) is 9.53. The van der Waals surface area contributed by atoms with Crippen molar-refractivity contribution in [3.05, 3.63) is 57.6 Å². The van der Waals surface area contributed by atoms with Crippen LogP contribution >= 0.6 is 0 Å². The second-order valence-corrected chi connectivity index (χ2v) is 6.81. The summed E-state index contributed by atoms with van der Waals surface area (Å²) in [6.45, 7) is 5.17. The number of anilines is 1. The summed E-state index contributed by atoms with van der Waals surface area (Å²) in [5, 5.41) is 13.5. The molecule has 0 heterocycles. The van der Waals surface area contributed by atoms with Crippen LogP contribution in [0.4, 0.5) is 11.4 Å². The normalized spacial score (nSPS) is 10.4. The van der Waals surface area contributed by atoms with Crippen LogP contribution in [-0.4, -0.2) is 37.1 Å². The minimum absolute atomic E-state index is 0.0289. The summed E-state index contributed by atoms with van der Waals surface area (Å²) in [4.78, 5) is 34.3. The SMILES string of the molecule is COc1ccc(NC(=O)COC(=O)COc2ccc(C(C)C)c(C)c2)c([N+](=O)[O-])c1. The summed E-state index contributed by atoms with van der Waals surface area (Å²) in [7, 11) is 1.37. The number of nitro groups is 1. The van der Waals surface area contributed by atoms with Crippen LogP contribution in [0.5, 0.6) is 11.5 Å². The molecule has 0 aliphatic heterocycles. The van der Waals surface area contributed by atoms with Crippen LogP contribution in [0.3, 0.4) is 0 Å². The Bertz CT molecular complexity index is 941. The first-order valence-corrected chi connectivity index (χ1v) is 9.22. The molecule has 30 heavy (non-hydrogen) atoms. The quantitative estimate of drug-likeness (QED) is 0.377. The van der Waals surface area contributed by atoms with Gasteiger partial charge in [0.15, 0.2) is 13.2 Å². The molecule has 0 radical (unpaired) electrons. The molecule has 1 N–H and O–H groups in total. The molecule has 0 aliphatic rings. The number of amides is 1. The highest BCUT2D eigenvalue weighted by Gasteiger charge is 2.18. The first-order chi connectivity index (χ1) is 14.2. The van der Waals surface area contributed by atoms with Gasteiger partial charge in [0.2, 0.25) is 0 Å². The molecule has 0 spiro atoms. The molecule has 9 nitrogen and oxygen atoms in total. The summed E-state index contributed by atoms with van der Waals surface area (Å²) >= 11 is 0. The largest absolute Gasteiger partial charge is 0.496 e. The Kier molecular flexibility index (Phi) is 7.74. The maximum absolute atomic E-state index is 12.0. The predicted molar refractivity (Wildman–Crippen MR) is 110 cm³/mol. The van der Waals surface area contributed by atoms with Gasteiger partial charge in [0.25, 0.3) is 11.6 Å². The van der Waals surface area contributed by atoms with Gasteiger partial charge < -0.3 is 19.5 Å². The van der Waals surface area contributed by atoms with Crippen molar-refractivity contribution in [2.75, 3.05) is 25.6 Å². The van der Waals surface area contributed by atoms with Crippen molar-refractivity contribution in [2.24, 2.45) is 0 Å². The van der Waals surface area contributed by atoms with E-state index in [1.165, 1.54) is 30.9 Å². The van der Waals surface area contributed by atoms with E-state index in [9.17, 15) is 19.7 Å². The van der Waals surface area contributed by atoms with Gasteiger partial charge in [-0.1, -0.05) is 19.9 Å². The van der Waals surface area contributed by atoms with Gasteiger partial charge in [0.1, 0.15) is 17.2 Å². The average molecular weight is 416 g/mol. The van der Waals surface area contributed by atoms with E-state index in [0.717, 1.165) is 5.56 Å². The highest BCUT2D eigenvalue weighted by molar-refractivity contribution is 5.95. The third-order valence-electron chi connectivity index (χ3n) is 4.26. The maximum Gasteiger partial charge on any atom is 0.344 e. The Balaban J connectivity index is 1.86. The van der Waals surface area contributed by atoms with E-state index in [1.54, 1.807) is 6.07 Å². The molecule has 2 rings (SSSR count). The predicted octanol–water partition coefficient (Wildman–Crippen LogP) is 3.60. The van der Waals surface area contributed by atoms with Crippen molar-refractivity contribution in [3.8, 4) is 11.5 Å². The molecule has 1 amide bonds. The van der Waals surface area contributed by atoms with Crippen molar-refractivity contribution >= 4 is 23.3 Å². The highest BCUT2D eigenvalue weighted by Crippen LogP contribution is 2.29. The molecule has 0 saturated heterocycles. The Morgan fingerprint density at radius 1 is 1.10 bits per heavy atom. The van der Waals surface area contributed by atoms with Gasteiger partial charge in [-0.05, 0) is 48.2 Å². The molecule has 160 valence electrons. The first-order valence-electron chi connectivity index (χ1n) is 9.22. The van der Waals surface area contributed by atoms with Crippen LogP contribution < -0.4 is 14.8 Å². The number of rotatable bonds is 9. The Morgan fingerprint density at radius 2 is 1.80 bits per heavy atom. The van der Waals surface area contributed by atoms with Crippen LogP contribution in [0.2, 0.25) is 0 Å². The number of aryl methyl sites for hydroxylation is 1. The average Bonchev–Trinajstić information content (AvgIpc) is 2.70. The Labute approximate surface area is 174 Å². The van der Waals surface area contributed by atoms with E-state index >= 15 is 0 Å². The lowest BCUT2D eigenvalue weighted by Crippen LogP contribution is -2.24. The van der Waals surface area contributed by atoms with E-state index < -0.39 is 23.4 Å². The minimum atomic E-state index is -0.736. The lowest BCUT2D eigenvalue weighted by molar-refractivity contribution is -0.384. The van der Waals surface area contributed by atoms with E-state index in [2.05, 4.69) is 19.2 Å². The van der Waals surface area contributed by atoms with E-state index in [4.69, 9.17) is 14.2 Å². The minimum Gasteiger partial charge on any atom is -0.496 e. The van der Waals surface area contributed by atoms with E-state index in [0.29, 0.717) is 11.7 Å². The number of nitrogens with zero attached hydrogens (tertiary/aromatic N) is 1. The van der Waals surface area contributed by atoms with Crippen LogP contribution in [0.15, 0.2) is 36.4 Å². The lowest BCUT2D eigenvalue weighted by Gasteiger charge is -2.12. The van der Waals surface area contributed by atoms with Gasteiger partial charge in [-0.25, -0.2) is 4.79 Å². The molecule has 2 aromatic carbocycles. The molecule has 0 atom stereocenters. The third kappa shape index (κ3) is 6.20. The molecule has 0 aromatic heterocycles. The highest BCUT2D eigenvalue weighted by atomic mass is 16.6. The van der Waals surface area contributed by atoms with Gasteiger partial charge in [-0.2, -0.15) is 0 Å². The summed E-state index contributed by atoms with van der Waals surface area (Å²) < 4.78 is 15.2. The fourth-order valence-electron chi connectivity index (χ4n) is 2.80. The zero-order valence-corrected chi connectivity index (χ0v) is 17.3. The fourth-order valence-corrected chi connectivity index (χ4v) is 2.80. The van der Waals surface area contributed by atoms with Crippen molar-refractivity contribution in [1.82, 2.24) is 0 Å². The molecule has 2 aromatic rings.